The molecule has 1 aliphatic rings. The molecule has 1 aromatic heterocycles. The van der Waals surface area contributed by atoms with Crippen LogP contribution in [-0.2, 0) is 4.79 Å². The first-order chi connectivity index (χ1) is 9.48. The summed E-state index contributed by atoms with van der Waals surface area (Å²) in [5.74, 6) is 0.847. The molecule has 1 fully saturated rings. The van der Waals surface area contributed by atoms with Gasteiger partial charge in [-0.3, -0.25) is 4.79 Å². The number of carbonyl (C=O) groups is 1. The molecule has 3 N–H and O–H groups in total. The van der Waals surface area contributed by atoms with E-state index >= 15 is 0 Å². The number of hydrogen-bond acceptors (Lipinski definition) is 4. The SMILES string of the molecule is CN(C)c1ccc(NC(=O)CC2(N)CCCCC2)cn1. The van der Waals surface area contributed by atoms with E-state index in [4.69, 9.17) is 5.73 Å². The summed E-state index contributed by atoms with van der Waals surface area (Å²) in [7, 11) is 3.86. The standard InChI is InChI=1S/C15H24N4O/c1-19(2)13-7-6-12(11-17-13)18-14(20)10-15(16)8-4-3-5-9-15/h6-7,11H,3-5,8-10,16H2,1-2H3,(H,18,20). The van der Waals surface area contributed by atoms with Crippen LogP contribution in [0.4, 0.5) is 11.5 Å². The van der Waals surface area contributed by atoms with E-state index in [-0.39, 0.29) is 11.4 Å². The maximum absolute atomic E-state index is 12.1. The van der Waals surface area contributed by atoms with Crippen LogP contribution in [0.2, 0.25) is 0 Å². The zero-order valence-corrected chi connectivity index (χ0v) is 12.4. The van der Waals surface area contributed by atoms with Crippen LogP contribution in [-0.4, -0.2) is 30.5 Å². The first-order valence-electron chi connectivity index (χ1n) is 7.21. The van der Waals surface area contributed by atoms with Crippen LogP contribution >= 0.6 is 0 Å². The van der Waals surface area contributed by atoms with Crippen molar-refractivity contribution < 1.29 is 4.79 Å². The summed E-state index contributed by atoms with van der Waals surface area (Å²) in [6, 6.07) is 3.75. The van der Waals surface area contributed by atoms with Crippen LogP contribution in [0.1, 0.15) is 38.5 Å². The maximum Gasteiger partial charge on any atom is 0.226 e. The summed E-state index contributed by atoms with van der Waals surface area (Å²) >= 11 is 0. The van der Waals surface area contributed by atoms with Crippen molar-refractivity contribution in [2.75, 3.05) is 24.3 Å². The monoisotopic (exact) mass is 276 g/mol. The molecule has 0 unspecified atom stereocenters. The van der Waals surface area contributed by atoms with Gasteiger partial charge in [-0.25, -0.2) is 4.98 Å². The molecule has 0 atom stereocenters. The zero-order valence-electron chi connectivity index (χ0n) is 12.4. The van der Waals surface area contributed by atoms with Crippen LogP contribution in [0.15, 0.2) is 18.3 Å². The highest BCUT2D eigenvalue weighted by Gasteiger charge is 2.29. The molecular weight excluding hydrogens is 252 g/mol. The first kappa shape index (κ1) is 14.8. The molecule has 110 valence electrons. The number of nitrogens with zero attached hydrogens (tertiary/aromatic N) is 2. The highest BCUT2D eigenvalue weighted by Crippen LogP contribution is 2.29. The Labute approximate surface area is 120 Å². The molecule has 0 spiro atoms. The van der Waals surface area contributed by atoms with Gasteiger partial charge in [0.1, 0.15) is 5.82 Å². The highest BCUT2D eigenvalue weighted by molar-refractivity contribution is 5.91. The highest BCUT2D eigenvalue weighted by atomic mass is 16.1. The second-order valence-corrected chi connectivity index (χ2v) is 5.95. The van der Waals surface area contributed by atoms with E-state index < -0.39 is 0 Å². The summed E-state index contributed by atoms with van der Waals surface area (Å²) < 4.78 is 0. The minimum atomic E-state index is -0.320. The predicted octanol–water partition coefficient (Wildman–Crippen LogP) is 2.14. The van der Waals surface area contributed by atoms with Crippen LogP contribution in [0.5, 0.6) is 0 Å². The molecule has 1 heterocycles. The number of nitrogens with one attached hydrogen (secondary N) is 1. The number of carbonyl (C=O) groups excluding carboxylic acids is 1. The Hall–Kier alpha value is -1.62. The summed E-state index contributed by atoms with van der Waals surface area (Å²) in [5, 5.41) is 2.88. The van der Waals surface area contributed by atoms with E-state index in [0.29, 0.717) is 6.42 Å². The Morgan fingerprint density at radius 1 is 1.35 bits per heavy atom. The number of anilines is 2. The van der Waals surface area contributed by atoms with Crippen molar-refractivity contribution in [3.63, 3.8) is 0 Å². The van der Waals surface area contributed by atoms with Gasteiger partial charge in [-0.15, -0.1) is 0 Å². The molecule has 0 bridgehead atoms. The van der Waals surface area contributed by atoms with Gasteiger partial charge in [-0.2, -0.15) is 0 Å². The van der Waals surface area contributed by atoms with Crippen molar-refractivity contribution in [2.24, 2.45) is 5.73 Å². The van der Waals surface area contributed by atoms with E-state index in [2.05, 4.69) is 10.3 Å². The summed E-state index contributed by atoms with van der Waals surface area (Å²) in [5.41, 5.74) is 6.70. The van der Waals surface area contributed by atoms with Crippen LogP contribution in [0.25, 0.3) is 0 Å². The Morgan fingerprint density at radius 3 is 2.60 bits per heavy atom. The molecule has 0 saturated heterocycles. The normalized spacial score (nSPS) is 17.6. The first-order valence-corrected chi connectivity index (χ1v) is 7.21. The number of nitrogens with two attached hydrogens (primary N) is 1. The quantitative estimate of drug-likeness (QED) is 0.884. The molecule has 2 rings (SSSR count). The summed E-state index contributed by atoms with van der Waals surface area (Å²) in [6.07, 6.45) is 7.44. The molecule has 20 heavy (non-hydrogen) atoms. The third kappa shape index (κ3) is 3.93. The summed E-state index contributed by atoms with van der Waals surface area (Å²) in [6.45, 7) is 0. The fourth-order valence-corrected chi connectivity index (χ4v) is 2.68. The molecule has 0 aromatic carbocycles. The second kappa shape index (κ2) is 6.22. The topological polar surface area (TPSA) is 71.2 Å². The number of hydrogen-bond donors (Lipinski definition) is 2. The van der Waals surface area contributed by atoms with Crippen LogP contribution < -0.4 is 16.0 Å². The molecule has 0 aliphatic heterocycles. The van der Waals surface area contributed by atoms with E-state index in [1.54, 1.807) is 6.20 Å². The molecule has 0 radical (unpaired) electrons. The average Bonchev–Trinajstić information content (AvgIpc) is 2.39. The van der Waals surface area contributed by atoms with Crippen LogP contribution in [0.3, 0.4) is 0 Å². The van der Waals surface area contributed by atoms with Crippen molar-refractivity contribution in [2.45, 2.75) is 44.1 Å². The fourth-order valence-electron chi connectivity index (χ4n) is 2.68. The average molecular weight is 276 g/mol. The fraction of sp³-hybridized carbons (Fsp3) is 0.600. The van der Waals surface area contributed by atoms with Gasteiger partial charge in [0.2, 0.25) is 5.91 Å². The van der Waals surface area contributed by atoms with Crippen LogP contribution in [0, 0.1) is 0 Å². The molecule has 1 aromatic rings. The van der Waals surface area contributed by atoms with Crippen molar-refractivity contribution in [1.82, 2.24) is 4.98 Å². The van der Waals surface area contributed by atoms with Gasteiger partial charge < -0.3 is 16.0 Å². The molecule has 1 aliphatic carbocycles. The van der Waals surface area contributed by atoms with Crippen molar-refractivity contribution in [3.8, 4) is 0 Å². The number of rotatable bonds is 4. The van der Waals surface area contributed by atoms with Gasteiger partial charge in [-0.05, 0) is 25.0 Å². The van der Waals surface area contributed by atoms with E-state index in [1.807, 2.05) is 31.1 Å². The Balaban J connectivity index is 1.90. The molecule has 5 heteroatoms. The lowest BCUT2D eigenvalue weighted by atomic mass is 9.80. The van der Waals surface area contributed by atoms with Crippen molar-refractivity contribution >= 4 is 17.4 Å². The van der Waals surface area contributed by atoms with E-state index in [9.17, 15) is 4.79 Å². The van der Waals surface area contributed by atoms with E-state index in [1.165, 1.54) is 6.42 Å². The van der Waals surface area contributed by atoms with Crippen molar-refractivity contribution in [3.05, 3.63) is 18.3 Å². The van der Waals surface area contributed by atoms with Gasteiger partial charge in [-0.1, -0.05) is 19.3 Å². The lowest BCUT2D eigenvalue weighted by Gasteiger charge is -2.32. The minimum absolute atomic E-state index is 0.0196. The molecule has 1 saturated carbocycles. The Morgan fingerprint density at radius 2 is 2.05 bits per heavy atom. The minimum Gasteiger partial charge on any atom is -0.363 e. The maximum atomic E-state index is 12.1. The largest absolute Gasteiger partial charge is 0.363 e. The van der Waals surface area contributed by atoms with Gasteiger partial charge in [0.25, 0.3) is 0 Å². The third-order valence-corrected chi connectivity index (χ3v) is 3.85. The third-order valence-electron chi connectivity index (χ3n) is 3.85. The predicted molar refractivity (Wildman–Crippen MR) is 81.8 cm³/mol. The number of aromatic nitrogens is 1. The summed E-state index contributed by atoms with van der Waals surface area (Å²) in [4.78, 5) is 18.3. The zero-order chi connectivity index (χ0) is 14.6. The van der Waals surface area contributed by atoms with E-state index in [0.717, 1.165) is 37.2 Å². The van der Waals surface area contributed by atoms with Gasteiger partial charge in [0.05, 0.1) is 11.9 Å². The van der Waals surface area contributed by atoms with Gasteiger partial charge >= 0.3 is 0 Å². The lowest BCUT2D eigenvalue weighted by molar-refractivity contribution is -0.117. The smallest absolute Gasteiger partial charge is 0.226 e. The lowest BCUT2D eigenvalue weighted by Crippen LogP contribution is -2.44. The second-order valence-electron chi connectivity index (χ2n) is 5.95. The number of amides is 1. The Kier molecular flexibility index (Phi) is 4.60. The van der Waals surface area contributed by atoms with Crippen molar-refractivity contribution in [1.29, 1.82) is 0 Å². The number of pyridine rings is 1. The molecule has 5 nitrogen and oxygen atoms in total. The molecule has 1 amide bonds. The molecular formula is C15H24N4O. The Bertz CT molecular complexity index is 449. The van der Waals surface area contributed by atoms with Gasteiger partial charge in [0.15, 0.2) is 0 Å². The van der Waals surface area contributed by atoms with Gasteiger partial charge in [0, 0.05) is 26.1 Å².